The number of hydrogen-bond donors (Lipinski definition) is 1. The summed E-state index contributed by atoms with van der Waals surface area (Å²) in [6.07, 6.45) is 0. The second kappa shape index (κ2) is 6.25. The highest BCUT2D eigenvalue weighted by molar-refractivity contribution is 5.74. The van der Waals surface area contributed by atoms with Gasteiger partial charge in [0.1, 0.15) is 11.5 Å². The quantitative estimate of drug-likeness (QED) is 0.893. The first kappa shape index (κ1) is 13.4. The predicted octanol–water partition coefficient (Wildman–Crippen LogP) is 3.09. The smallest absolute Gasteiger partial charge is 0.126 e. The molecule has 3 heteroatoms. The van der Waals surface area contributed by atoms with Crippen LogP contribution in [-0.2, 0) is 6.54 Å². The van der Waals surface area contributed by atoms with E-state index in [2.05, 4.69) is 17.4 Å². The van der Waals surface area contributed by atoms with Crippen molar-refractivity contribution in [1.82, 2.24) is 5.32 Å². The molecule has 0 unspecified atom stereocenters. The van der Waals surface area contributed by atoms with Crippen LogP contribution in [0.3, 0.4) is 0 Å². The van der Waals surface area contributed by atoms with Gasteiger partial charge in [0.25, 0.3) is 0 Å². The molecule has 0 radical (unpaired) electrons. The summed E-state index contributed by atoms with van der Waals surface area (Å²) in [5, 5.41) is 3.19. The van der Waals surface area contributed by atoms with Crippen molar-refractivity contribution in [1.29, 1.82) is 0 Å². The van der Waals surface area contributed by atoms with Crippen LogP contribution in [0.25, 0.3) is 11.1 Å². The van der Waals surface area contributed by atoms with Crippen LogP contribution in [0.2, 0.25) is 0 Å². The van der Waals surface area contributed by atoms with E-state index in [1.54, 1.807) is 14.2 Å². The lowest BCUT2D eigenvalue weighted by Crippen LogP contribution is -2.06. The third kappa shape index (κ3) is 2.88. The molecule has 0 aromatic heterocycles. The molecule has 2 aromatic carbocycles. The maximum absolute atomic E-state index is 5.46. The topological polar surface area (TPSA) is 30.5 Å². The average molecular weight is 257 g/mol. The maximum atomic E-state index is 5.46. The molecule has 0 aliphatic rings. The molecule has 2 rings (SSSR count). The van der Waals surface area contributed by atoms with Crippen LogP contribution in [-0.4, -0.2) is 21.3 Å². The lowest BCUT2D eigenvalue weighted by Gasteiger charge is -2.14. The lowest BCUT2D eigenvalue weighted by molar-refractivity contribution is 0.404. The minimum Gasteiger partial charge on any atom is -0.497 e. The molecule has 100 valence electrons. The van der Waals surface area contributed by atoms with Gasteiger partial charge in [-0.15, -0.1) is 0 Å². The summed E-state index contributed by atoms with van der Waals surface area (Å²) in [6, 6.07) is 14.1. The third-order valence-electron chi connectivity index (χ3n) is 3.08. The van der Waals surface area contributed by atoms with E-state index in [0.717, 1.165) is 29.2 Å². The van der Waals surface area contributed by atoms with E-state index in [1.165, 1.54) is 5.56 Å². The minimum atomic E-state index is 0.816. The Morgan fingerprint density at radius 2 is 1.74 bits per heavy atom. The molecule has 0 fully saturated rings. The van der Waals surface area contributed by atoms with Gasteiger partial charge in [-0.2, -0.15) is 0 Å². The molecule has 2 aromatic rings. The number of methoxy groups -OCH3 is 2. The molecule has 0 aliphatic carbocycles. The second-order valence-electron chi connectivity index (χ2n) is 4.25. The van der Waals surface area contributed by atoms with Crippen LogP contribution < -0.4 is 14.8 Å². The largest absolute Gasteiger partial charge is 0.497 e. The number of ether oxygens (including phenoxy) is 2. The number of hydrogen-bond acceptors (Lipinski definition) is 3. The van der Waals surface area contributed by atoms with Crippen LogP contribution in [0.15, 0.2) is 42.5 Å². The van der Waals surface area contributed by atoms with Crippen LogP contribution in [0, 0.1) is 0 Å². The monoisotopic (exact) mass is 257 g/mol. The fourth-order valence-corrected chi connectivity index (χ4v) is 2.15. The fourth-order valence-electron chi connectivity index (χ4n) is 2.15. The molecule has 19 heavy (non-hydrogen) atoms. The standard InChI is InChI=1S/C16H19NO2/c1-17-11-12-6-4-5-7-14(12)15-10-13(18-2)8-9-16(15)19-3/h4-10,17H,11H2,1-3H3. The van der Waals surface area contributed by atoms with Gasteiger partial charge < -0.3 is 14.8 Å². The van der Waals surface area contributed by atoms with Gasteiger partial charge in [0.15, 0.2) is 0 Å². The van der Waals surface area contributed by atoms with Crippen molar-refractivity contribution < 1.29 is 9.47 Å². The van der Waals surface area contributed by atoms with Gasteiger partial charge in [-0.1, -0.05) is 24.3 Å². The van der Waals surface area contributed by atoms with Gasteiger partial charge in [-0.05, 0) is 36.4 Å². The minimum absolute atomic E-state index is 0.816. The number of rotatable bonds is 5. The Labute approximate surface area is 114 Å². The molecule has 0 saturated heterocycles. The molecule has 0 atom stereocenters. The van der Waals surface area contributed by atoms with Crippen LogP contribution in [0.4, 0.5) is 0 Å². The molecule has 1 N–H and O–H groups in total. The van der Waals surface area contributed by atoms with Crippen molar-refractivity contribution >= 4 is 0 Å². The highest BCUT2D eigenvalue weighted by Crippen LogP contribution is 2.35. The van der Waals surface area contributed by atoms with Gasteiger partial charge in [-0.3, -0.25) is 0 Å². The van der Waals surface area contributed by atoms with E-state index in [9.17, 15) is 0 Å². The van der Waals surface area contributed by atoms with E-state index in [0.29, 0.717) is 0 Å². The number of benzene rings is 2. The van der Waals surface area contributed by atoms with E-state index in [1.807, 2.05) is 37.4 Å². The highest BCUT2D eigenvalue weighted by Gasteiger charge is 2.10. The molecular formula is C16H19NO2. The second-order valence-corrected chi connectivity index (χ2v) is 4.25. The van der Waals surface area contributed by atoms with Crippen molar-refractivity contribution in [2.75, 3.05) is 21.3 Å². The molecule has 0 aliphatic heterocycles. The predicted molar refractivity (Wildman–Crippen MR) is 77.7 cm³/mol. The zero-order valence-electron chi connectivity index (χ0n) is 11.6. The van der Waals surface area contributed by atoms with Crippen molar-refractivity contribution in [3.8, 4) is 22.6 Å². The molecule has 0 amide bonds. The van der Waals surface area contributed by atoms with E-state index >= 15 is 0 Å². The zero-order chi connectivity index (χ0) is 13.7. The lowest BCUT2D eigenvalue weighted by atomic mass is 9.98. The van der Waals surface area contributed by atoms with E-state index in [-0.39, 0.29) is 0 Å². The number of nitrogens with one attached hydrogen (secondary N) is 1. The highest BCUT2D eigenvalue weighted by atomic mass is 16.5. The SMILES string of the molecule is CNCc1ccccc1-c1cc(OC)ccc1OC. The summed E-state index contributed by atoms with van der Waals surface area (Å²) in [6.45, 7) is 0.816. The first-order valence-corrected chi connectivity index (χ1v) is 6.25. The van der Waals surface area contributed by atoms with Gasteiger partial charge in [0.2, 0.25) is 0 Å². The van der Waals surface area contributed by atoms with Crippen molar-refractivity contribution in [2.45, 2.75) is 6.54 Å². The van der Waals surface area contributed by atoms with Gasteiger partial charge in [0.05, 0.1) is 14.2 Å². The Bertz CT molecular complexity index is 552. The summed E-state index contributed by atoms with van der Waals surface area (Å²) in [5.74, 6) is 1.68. The summed E-state index contributed by atoms with van der Waals surface area (Å²) < 4.78 is 10.8. The average Bonchev–Trinajstić information content (AvgIpc) is 2.47. The Morgan fingerprint density at radius 1 is 0.947 bits per heavy atom. The first-order chi connectivity index (χ1) is 9.30. The molecule has 3 nitrogen and oxygen atoms in total. The fraction of sp³-hybridized carbons (Fsp3) is 0.250. The van der Waals surface area contributed by atoms with E-state index < -0.39 is 0 Å². The maximum Gasteiger partial charge on any atom is 0.126 e. The zero-order valence-corrected chi connectivity index (χ0v) is 11.6. The van der Waals surface area contributed by atoms with Crippen LogP contribution in [0.1, 0.15) is 5.56 Å². The Balaban J connectivity index is 2.56. The van der Waals surface area contributed by atoms with Crippen molar-refractivity contribution in [3.05, 3.63) is 48.0 Å². The Morgan fingerprint density at radius 3 is 2.42 bits per heavy atom. The summed E-state index contributed by atoms with van der Waals surface area (Å²) >= 11 is 0. The van der Waals surface area contributed by atoms with Gasteiger partial charge in [-0.25, -0.2) is 0 Å². The molecule has 0 bridgehead atoms. The van der Waals surface area contributed by atoms with Crippen molar-refractivity contribution in [2.24, 2.45) is 0 Å². The summed E-state index contributed by atoms with van der Waals surface area (Å²) in [7, 11) is 5.30. The third-order valence-corrected chi connectivity index (χ3v) is 3.08. The Hall–Kier alpha value is -2.00. The van der Waals surface area contributed by atoms with Gasteiger partial charge in [0, 0.05) is 12.1 Å². The van der Waals surface area contributed by atoms with Gasteiger partial charge >= 0.3 is 0 Å². The molecule has 0 spiro atoms. The molecule has 0 heterocycles. The van der Waals surface area contributed by atoms with Crippen molar-refractivity contribution in [3.63, 3.8) is 0 Å². The van der Waals surface area contributed by atoms with E-state index in [4.69, 9.17) is 9.47 Å². The summed E-state index contributed by atoms with van der Waals surface area (Å²) in [5.41, 5.74) is 3.44. The molecule has 0 saturated carbocycles. The normalized spacial score (nSPS) is 10.3. The summed E-state index contributed by atoms with van der Waals surface area (Å²) in [4.78, 5) is 0. The first-order valence-electron chi connectivity index (χ1n) is 6.25. The van der Waals surface area contributed by atoms with Crippen LogP contribution in [0.5, 0.6) is 11.5 Å². The van der Waals surface area contributed by atoms with Crippen LogP contribution >= 0.6 is 0 Å². The Kier molecular flexibility index (Phi) is 4.42. The molecular weight excluding hydrogens is 238 g/mol.